The Hall–Kier alpha value is -1.48. The Morgan fingerprint density at radius 1 is 0.950 bits per heavy atom. The first-order chi connectivity index (χ1) is 9.54. The van der Waals surface area contributed by atoms with Gasteiger partial charge in [0.2, 0.25) is 0 Å². The molecule has 0 aliphatic heterocycles. The molecule has 0 nitrogen and oxygen atoms in total. The third-order valence-electron chi connectivity index (χ3n) is 3.92. The van der Waals surface area contributed by atoms with Crippen LogP contribution in [0.25, 0.3) is 0 Å². The van der Waals surface area contributed by atoms with E-state index >= 15 is 0 Å². The van der Waals surface area contributed by atoms with E-state index in [2.05, 4.69) is 0 Å². The number of rotatable bonds is 3. The summed E-state index contributed by atoms with van der Waals surface area (Å²) in [6.45, 7) is 0. The van der Waals surface area contributed by atoms with Gasteiger partial charge in [0.25, 0.3) is 0 Å². The van der Waals surface area contributed by atoms with E-state index in [1.54, 1.807) is 0 Å². The van der Waals surface area contributed by atoms with Gasteiger partial charge in [0, 0.05) is 23.1 Å². The third kappa shape index (κ3) is 2.10. The molecule has 1 unspecified atom stereocenters. The van der Waals surface area contributed by atoms with Crippen LogP contribution >= 0.6 is 11.6 Å². The predicted molar refractivity (Wildman–Crippen MR) is 72.3 cm³/mol. The Labute approximate surface area is 120 Å². The molecular formula is C16H12ClF3. The van der Waals surface area contributed by atoms with Crippen molar-refractivity contribution < 1.29 is 13.2 Å². The molecule has 0 spiro atoms. The second kappa shape index (κ2) is 4.81. The van der Waals surface area contributed by atoms with E-state index in [0.717, 1.165) is 18.4 Å². The summed E-state index contributed by atoms with van der Waals surface area (Å²) in [6.07, 6.45) is 1.53. The van der Waals surface area contributed by atoms with Crippen molar-refractivity contribution in [2.45, 2.75) is 23.6 Å². The van der Waals surface area contributed by atoms with Gasteiger partial charge in [-0.1, -0.05) is 30.3 Å². The van der Waals surface area contributed by atoms with Gasteiger partial charge in [-0.3, -0.25) is 0 Å². The van der Waals surface area contributed by atoms with Crippen molar-refractivity contribution >= 4 is 11.6 Å². The van der Waals surface area contributed by atoms with Gasteiger partial charge in [0.05, 0.1) is 5.38 Å². The first-order valence-corrected chi connectivity index (χ1v) is 6.82. The van der Waals surface area contributed by atoms with Crippen LogP contribution in [0.1, 0.15) is 29.3 Å². The molecule has 2 aromatic carbocycles. The maximum Gasteiger partial charge on any atom is 0.133 e. The average molecular weight is 297 g/mol. The fourth-order valence-corrected chi connectivity index (χ4v) is 3.22. The van der Waals surface area contributed by atoms with E-state index in [0.29, 0.717) is 12.1 Å². The number of halogens is 4. The number of alkyl halides is 1. The summed E-state index contributed by atoms with van der Waals surface area (Å²) in [5.74, 6) is -2.79. The number of hydrogen-bond donors (Lipinski definition) is 0. The van der Waals surface area contributed by atoms with E-state index < -0.39 is 28.2 Å². The largest absolute Gasteiger partial charge is 0.207 e. The standard InChI is InChI=1S/C16H12ClF3/c17-15(14-12(19)8-11(18)9-13(14)20)16(6-7-16)10-4-2-1-3-5-10/h1-5,8-9,15H,6-7H2. The molecule has 1 saturated carbocycles. The maximum absolute atomic E-state index is 13.9. The fraction of sp³-hybridized carbons (Fsp3) is 0.250. The van der Waals surface area contributed by atoms with E-state index in [4.69, 9.17) is 11.6 Å². The van der Waals surface area contributed by atoms with Crippen LogP contribution in [0.15, 0.2) is 42.5 Å². The van der Waals surface area contributed by atoms with E-state index in [1.165, 1.54) is 0 Å². The van der Waals surface area contributed by atoms with E-state index in [1.807, 2.05) is 30.3 Å². The zero-order valence-corrected chi connectivity index (χ0v) is 11.3. The third-order valence-corrected chi connectivity index (χ3v) is 4.56. The first-order valence-electron chi connectivity index (χ1n) is 6.39. The van der Waals surface area contributed by atoms with Gasteiger partial charge < -0.3 is 0 Å². The summed E-state index contributed by atoms with van der Waals surface area (Å²) in [7, 11) is 0. The summed E-state index contributed by atoms with van der Waals surface area (Å²) < 4.78 is 40.7. The molecule has 0 amide bonds. The second-order valence-electron chi connectivity index (χ2n) is 5.17. The lowest BCUT2D eigenvalue weighted by Gasteiger charge is -2.23. The fourth-order valence-electron chi connectivity index (χ4n) is 2.66. The molecule has 0 bridgehead atoms. The van der Waals surface area contributed by atoms with E-state index in [-0.39, 0.29) is 5.56 Å². The Morgan fingerprint density at radius 2 is 1.50 bits per heavy atom. The second-order valence-corrected chi connectivity index (χ2v) is 5.60. The molecule has 20 heavy (non-hydrogen) atoms. The van der Waals surface area contributed by atoms with Gasteiger partial charge in [0.1, 0.15) is 17.5 Å². The molecule has 104 valence electrons. The topological polar surface area (TPSA) is 0 Å². The van der Waals surface area contributed by atoms with Crippen LogP contribution in [-0.2, 0) is 5.41 Å². The predicted octanol–water partition coefficient (Wildman–Crippen LogP) is 5.12. The van der Waals surface area contributed by atoms with Crippen molar-refractivity contribution in [3.05, 3.63) is 71.0 Å². The summed E-state index contributed by atoms with van der Waals surface area (Å²) >= 11 is 6.36. The highest BCUT2D eigenvalue weighted by Crippen LogP contribution is 2.59. The molecule has 1 aliphatic rings. The molecule has 0 saturated heterocycles. The molecule has 0 radical (unpaired) electrons. The SMILES string of the molecule is Fc1cc(F)c(C(Cl)C2(c3ccccc3)CC2)c(F)c1. The molecule has 0 aromatic heterocycles. The maximum atomic E-state index is 13.9. The quantitative estimate of drug-likeness (QED) is 0.690. The smallest absolute Gasteiger partial charge is 0.133 e. The molecular weight excluding hydrogens is 285 g/mol. The van der Waals surface area contributed by atoms with E-state index in [9.17, 15) is 13.2 Å². The summed E-state index contributed by atoms with van der Waals surface area (Å²) in [5, 5.41) is -0.842. The van der Waals surface area contributed by atoms with Crippen LogP contribution in [-0.4, -0.2) is 0 Å². The molecule has 3 rings (SSSR count). The normalized spacial score (nSPS) is 17.8. The highest BCUT2D eigenvalue weighted by atomic mass is 35.5. The van der Waals surface area contributed by atoms with Crippen molar-refractivity contribution in [3.8, 4) is 0 Å². The zero-order chi connectivity index (χ0) is 14.3. The Balaban J connectivity index is 2.04. The van der Waals surface area contributed by atoms with Crippen molar-refractivity contribution in [2.24, 2.45) is 0 Å². The first kappa shape index (κ1) is 13.5. The van der Waals surface area contributed by atoms with Crippen LogP contribution in [0.2, 0.25) is 0 Å². The lowest BCUT2D eigenvalue weighted by Crippen LogP contribution is -2.17. The molecule has 1 atom stereocenters. The minimum absolute atomic E-state index is 0.241. The summed E-state index contributed by atoms with van der Waals surface area (Å²) in [4.78, 5) is 0. The molecule has 0 N–H and O–H groups in total. The Bertz CT molecular complexity index is 612. The lowest BCUT2D eigenvalue weighted by molar-refractivity contribution is 0.502. The van der Waals surface area contributed by atoms with Crippen molar-refractivity contribution in [1.82, 2.24) is 0 Å². The van der Waals surface area contributed by atoms with Gasteiger partial charge >= 0.3 is 0 Å². The highest BCUT2D eigenvalue weighted by molar-refractivity contribution is 6.22. The van der Waals surface area contributed by atoms with Gasteiger partial charge in [-0.15, -0.1) is 11.6 Å². The van der Waals surface area contributed by atoms with Crippen LogP contribution < -0.4 is 0 Å². The lowest BCUT2D eigenvalue weighted by atomic mass is 9.88. The van der Waals surface area contributed by atoms with Crippen molar-refractivity contribution in [2.75, 3.05) is 0 Å². The van der Waals surface area contributed by atoms with Gasteiger partial charge in [-0.25, -0.2) is 13.2 Å². The van der Waals surface area contributed by atoms with Crippen molar-refractivity contribution in [3.63, 3.8) is 0 Å². The number of benzene rings is 2. The summed E-state index contributed by atoms with van der Waals surface area (Å²) in [6, 6.07) is 10.8. The zero-order valence-electron chi connectivity index (χ0n) is 10.5. The van der Waals surface area contributed by atoms with Crippen LogP contribution in [0, 0.1) is 17.5 Å². The van der Waals surface area contributed by atoms with Gasteiger partial charge in [-0.05, 0) is 18.4 Å². The molecule has 0 heterocycles. The van der Waals surface area contributed by atoms with Gasteiger partial charge in [0.15, 0.2) is 0 Å². The van der Waals surface area contributed by atoms with Crippen LogP contribution in [0.3, 0.4) is 0 Å². The highest BCUT2D eigenvalue weighted by Gasteiger charge is 2.52. The molecule has 2 aromatic rings. The molecule has 1 aliphatic carbocycles. The van der Waals surface area contributed by atoms with Crippen LogP contribution in [0.4, 0.5) is 13.2 Å². The molecule has 1 fully saturated rings. The minimum Gasteiger partial charge on any atom is -0.207 e. The number of hydrogen-bond acceptors (Lipinski definition) is 0. The summed E-state index contributed by atoms with van der Waals surface area (Å²) in [5.41, 5.74) is 0.264. The monoisotopic (exact) mass is 296 g/mol. The molecule has 4 heteroatoms. The van der Waals surface area contributed by atoms with Crippen molar-refractivity contribution in [1.29, 1.82) is 0 Å². The Kier molecular flexibility index (Phi) is 3.25. The van der Waals surface area contributed by atoms with Crippen LogP contribution in [0.5, 0.6) is 0 Å². The minimum atomic E-state index is -0.933. The van der Waals surface area contributed by atoms with Gasteiger partial charge in [-0.2, -0.15) is 0 Å². The Morgan fingerprint density at radius 3 is 2.00 bits per heavy atom. The average Bonchev–Trinajstić information content (AvgIpc) is 3.20.